The van der Waals surface area contributed by atoms with Crippen LogP contribution in [0.15, 0.2) is 74.7 Å². The summed E-state index contributed by atoms with van der Waals surface area (Å²) < 4.78 is 25.1. The summed E-state index contributed by atoms with van der Waals surface area (Å²) in [7, 11) is 0. The second-order valence-electron chi connectivity index (χ2n) is 16.5. The van der Waals surface area contributed by atoms with Crippen molar-refractivity contribution in [2.75, 3.05) is 24.6 Å². The SMILES string of the molecule is Cc1cc(=O)c2c(O)c3c(cc2o1)OC(C)(C)C1OC(=O)[C@@]2(O[C@@H]2CCc2cc(N)nc(-c4cc(N)nc(C[NH+]5C=C6C=CN=C6C5)c4)c2)[C@H](CCCO)CC[C@@H]31. The van der Waals surface area contributed by atoms with E-state index < -0.39 is 35.3 Å². The maximum absolute atomic E-state index is 14.5. The minimum atomic E-state index is -1.20. The molecule has 3 aromatic heterocycles. The molecular formula is C43H47N6O8+. The van der Waals surface area contributed by atoms with Crippen LogP contribution in [0.25, 0.3) is 22.2 Å². The standard InChI is InChI=1S/C43H46N6O8/c1-22-13-31(51)38-32(54-22)18-33-37(39(38)52)28-8-7-26(5-4-12-50)43(41(53)55-40(28)42(2,3)56-33)34(57-43)9-6-23-14-29(48-35(44)15-23)25-16-27(47-36(45)17-25)20-49-19-24-10-11-46-30(24)21-49/h10-11,13-19,26,28,34,40,50,52H,4-9,12,20-21H2,1-3H3,(H2,44,48)(H2,45,47)/p+1/t26-,28+,34-,40?,43-/m1/s1. The molecule has 4 aromatic rings. The van der Waals surface area contributed by atoms with E-state index in [4.69, 9.17) is 30.1 Å². The highest BCUT2D eigenvalue weighted by Crippen LogP contribution is 2.57. The van der Waals surface area contributed by atoms with E-state index in [0.29, 0.717) is 79.5 Å². The molecule has 6 atom stereocenters. The van der Waals surface area contributed by atoms with Crippen LogP contribution in [0.5, 0.6) is 11.5 Å². The van der Waals surface area contributed by atoms with Gasteiger partial charge >= 0.3 is 5.97 Å². The number of esters is 1. The molecule has 1 aromatic carbocycles. The summed E-state index contributed by atoms with van der Waals surface area (Å²) in [5, 5.41) is 21.5. The van der Waals surface area contributed by atoms with Crippen LogP contribution < -0.4 is 26.5 Å². The Morgan fingerprint density at radius 3 is 2.65 bits per heavy atom. The Kier molecular flexibility index (Phi) is 8.98. The van der Waals surface area contributed by atoms with Gasteiger partial charge in [-0.1, -0.05) is 0 Å². The number of fused-ring (bicyclic) bond motifs is 5. The molecule has 0 amide bonds. The van der Waals surface area contributed by atoms with Gasteiger partial charge in [-0.25, -0.2) is 14.8 Å². The Balaban J connectivity index is 0.957. The average molecular weight is 776 g/mol. The molecule has 0 saturated carbocycles. The molecule has 0 radical (unpaired) electrons. The summed E-state index contributed by atoms with van der Waals surface area (Å²) in [6, 6.07) is 10.6. The number of carbonyl (C=O) groups excluding carboxylic acids is 1. The monoisotopic (exact) mass is 775 g/mol. The molecule has 14 nitrogen and oxygen atoms in total. The first kappa shape index (κ1) is 37.0. The van der Waals surface area contributed by atoms with Gasteiger partial charge in [-0.15, -0.1) is 0 Å². The van der Waals surface area contributed by atoms with Crippen LogP contribution in [0.3, 0.4) is 0 Å². The number of allylic oxidation sites excluding steroid dienone is 1. The number of pyridine rings is 2. The van der Waals surface area contributed by atoms with Gasteiger partial charge in [0.2, 0.25) is 0 Å². The van der Waals surface area contributed by atoms with E-state index in [1.165, 1.54) is 11.0 Å². The van der Waals surface area contributed by atoms with Crippen LogP contribution in [-0.4, -0.2) is 68.4 Å². The molecule has 5 aliphatic heterocycles. The molecule has 296 valence electrons. The van der Waals surface area contributed by atoms with E-state index in [0.717, 1.165) is 34.7 Å². The van der Waals surface area contributed by atoms with Crippen LogP contribution in [-0.2, 0) is 27.2 Å². The molecule has 57 heavy (non-hydrogen) atoms. The zero-order valence-electron chi connectivity index (χ0n) is 32.2. The fourth-order valence-corrected chi connectivity index (χ4v) is 9.57. The highest BCUT2D eigenvalue weighted by Gasteiger charge is 2.69. The molecule has 8 heterocycles. The van der Waals surface area contributed by atoms with Crippen LogP contribution in [0, 0.1) is 12.8 Å². The minimum Gasteiger partial charge on any atom is -0.507 e. The summed E-state index contributed by atoms with van der Waals surface area (Å²) in [5.74, 6) is 0.120. The van der Waals surface area contributed by atoms with Crippen molar-refractivity contribution in [2.45, 2.75) is 95.2 Å². The molecule has 2 fully saturated rings. The number of aliphatic hydroxyl groups is 1. The first-order valence-corrected chi connectivity index (χ1v) is 19.7. The number of aromatic hydroxyl groups is 1. The predicted octanol–water partition coefficient (Wildman–Crippen LogP) is 3.80. The van der Waals surface area contributed by atoms with Crippen LogP contribution in [0.1, 0.15) is 74.5 Å². The van der Waals surface area contributed by atoms with E-state index in [1.807, 2.05) is 44.3 Å². The fourth-order valence-electron chi connectivity index (χ4n) is 9.57. The van der Waals surface area contributed by atoms with Gasteiger partial charge in [0.25, 0.3) is 0 Å². The molecule has 5 aliphatic rings. The lowest BCUT2D eigenvalue weighted by Gasteiger charge is -2.46. The molecule has 1 spiro atoms. The van der Waals surface area contributed by atoms with Crippen LogP contribution in [0.4, 0.5) is 11.6 Å². The highest BCUT2D eigenvalue weighted by atomic mass is 16.7. The number of aromatic nitrogens is 2. The molecule has 7 N–H and O–H groups in total. The number of benzene rings is 1. The first-order chi connectivity index (χ1) is 27.3. The summed E-state index contributed by atoms with van der Waals surface area (Å²) >= 11 is 0. The number of quaternary nitrogens is 1. The van der Waals surface area contributed by atoms with Crippen molar-refractivity contribution in [2.24, 2.45) is 10.9 Å². The number of hydrogen-bond acceptors (Lipinski definition) is 13. The number of rotatable bonds is 9. The molecule has 0 aliphatic carbocycles. The Morgan fingerprint density at radius 1 is 1.02 bits per heavy atom. The number of nitrogens with two attached hydrogens (primary N) is 2. The molecule has 0 bridgehead atoms. The summed E-state index contributed by atoms with van der Waals surface area (Å²) in [5.41, 5.74) is 16.2. The van der Waals surface area contributed by atoms with E-state index in [-0.39, 0.29) is 34.7 Å². The minimum absolute atomic E-state index is 0.0337. The van der Waals surface area contributed by atoms with E-state index >= 15 is 0 Å². The molecule has 2 unspecified atom stereocenters. The van der Waals surface area contributed by atoms with Crippen molar-refractivity contribution in [1.82, 2.24) is 9.97 Å². The van der Waals surface area contributed by atoms with Gasteiger partial charge in [0, 0.05) is 47.9 Å². The number of epoxide rings is 1. The number of nitrogens with zero attached hydrogens (tertiary/aromatic N) is 3. The van der Waals surface area contributed by atoms with Gasteiger partial charge in [0.15, 0.2) is 11.0 Å². The van der Waals surface area contributed by atoms with Gasteiger partial charge in [-0.3, -0.25) is 14.7 Å². The second-order valence-corrected chi connectivity index (χ2v) is 16.5. The topological polar surface area (TPSA) is 213 Å². The number of hydrogen-bond donors (Lipinski definition) is 5. The lowest BCUT2D eigenvalue weighted by molar-refractivity contribution is -0.848. The number of aryl methyl sites for hydroxylation is 2. The van der Waals surface area contributed by atoms with Crippen molar-refractivity contribution >= 4 is 34.3 Å². The first-order valence-electron chi connectivity index (χ1n) is 19.7. The van der Waals surface area contributed by atoms with Gasteiger partial charge < -0.3 is 40.3 Å². The van der Waals surface area contributed by atoms with Crippen molar-refractivity contribution in [3.63, 3.8) is 0 Å². The number of nitrogen functional groups attached to an aromatic ring is 2. The summed E-state index contributed by atoms with van der Waals surface area (Å²) in [4.78, 5) is 42.4. The smallest absolute Gasteiger partial charge is 0.341 e. The van der Waals surface area contributed by atoms with E-state index in [1.54, 1.807) is 19.1 Å². The average Bonchev–Trinajstić information content (AvgIpc) is 3.51. The third-order valence-corrected chi connectivity index (χ3v) is 12.1. The van der Waals surface area contributed by atoms with Crippen LogP contribution in [0.2, 0.25) is 0 Å². The molecular weight excluding hydrogens is 729 g/mol. The largest absolute Gasteiger partial charge is 0.507 e. The number of aliphatic hydroxyl groups excluding tert-OH is 1. The lowest BCUT2D eigenvalue weighted by atomic mass is 9.72. The molecule has 2 saturated heterocycles. The zero-order chi connectivity index (χ0) is 39.8. The number of aliphatic imine (C=N–C) groups is 1. The Labute approximate surface area is 328 Å². The number of phenolic OH excluding ortho intramolecular Hbond substituents is 1. The van der Waals surface area contributed by atoms with Crippen LogP contribution >= 0.6 is 0 Å². The number of nitrogens with one attached hydrogen (secondary N) is 1. The van der Waals surface area contributed by atoms with E-state index in [9.17, 15) is 19.8 Å². The van der Waals surface area contributed by atoms with Gasteiger partial charge in [0.1, 0.15) is 76.6 Å². The number of carbonyl (C=O) groups is 1. The molecule has 9 rings (SSSR count). The quantitative estimate of drug-likeness (QED) is 0.121. The van der Waals surface area contributed by atoms with Gasteiger partial charge in [0.05, 0.1) is 23.1 Å². The third kappa shape index (κ3) is 6.55. The number of phenols is 1. The number of anilines is 2. The third-order valence-electron chi connectivity index (χ3n) is 12.1. The number of ether oxygens (including phenoxy) is 3. The second kappa shape index (κ2) is 13.8. The summed E-state index contributed by atoms with van der Waals surface area (Å²) in [6.45, 7) is 6.78. The van der Waals surface area contributed by atoms with E-state index in [2.05, 4.69) is 21.2 Å². The van der Waals surface area contributed by atoms with Crippen molar-refractivity contribution in [3.8, 4) is 22.8 Å². The van der Waals surface area contributed by atoms with Gasteiger partial charge in [-0.2, -0.15) is 0 Å². The van der Waals surface area contributed by atoms with Crippen molar-refractivity contribution in [3.05, 3.63) is 93.3 Å². The summed E-state index contributed by atoms with van der Waals surface area (Å²) in [6.07, 6.45) is 7.94. The maximum atomic E-state index is 14.5. The van der Waals surface area contributed by atoms with Gasteiger partial charge in [-0.05, 0) is 95.2 Å². The Morgan fingerprint density at radius 2 is 1.84 bits per heavy atom. The Bertz CT molecular complexity index is 2470. The molecule has 14 heteroatoms. The maximum Gasteiger partial charge on any atom is 0.341 e. The zero-order valence-corrected chi connectivity index (χ0v) is 32.2. The van der Waals surface area contributed by atoms with Crippen molar-refractivity contribution < 1.29 is 38.5 Å². The highest BCUT2D eigenvalue weighted by molar-refractivity contribution is 6.06. The predicted molar refractivity (Wildman–Crippen MR) is 212 cm³/mol. The van der Waals surface area contributed by atoms with Crippen molar-refractivity contribution in [1.29, 1.82) is 0 Å². The lowest BCUT2D eigenvalue weighted by Crippen LogP contribution is -3.05. The fraction of sp³-hybridized carbons (Fsp3) is 0.419. The normalized spacial score (nSPS) is 26.8. The Hall–Kier alpha value is -5.57.